The molecule has 0 aliphatic carbocycles. The highest BCUT2D eigenvalue weighted by molar-refractivity contribution is 5.94. The van der Waals surface area contributed by atoms with Crippen molar-refractivity contribution >= 4 is 11.6 Å². The number of ether oxygens (including phenoxy) is 1. The maximum Gasteiger partial charge on any atom is 0.252 e. The number of amides is 1. The summed E-state index contributed by atoms with van der Waals surface area (Å²) in [5, 5.41) is 0. The van der Waals surface area contributed by atoms with Gasteiger partial charge in [0.2, 0.25) is 5.56 Å². The van der Waals surface area contributed by atoms with Crippen LogP contribution in [0, 0.1) is 0 Å². The highest BCUT2D eigenvalue weighted by atomic mass is 16.5. The van der Waals surface area contributed by atoms with Crippen LogP contribution in [-0.4, -0.2) is 24.0 Å². The lowest BCUT2D eigenvalue weighted by molar-refractivity contribution is -0.123. The number of carbonyl (C=O) groups excluding carboxylic acids is 1. The summed E-state index contributed by atoms with van der Waals surface area (Å²) < 4.78 is 5.40. The topological polar surface area (TPSA) is 62.4 Å². The smallest absolute Gasteiger partial charge is 0.252 e. The minimum absolute atomic E-state index is 0.0183. The number of pyridine rings is 1. The Balaban J connectivity index is 1.90. The van der Waals surface area contributed by atoms with Crippen LogP contribution in [0.3, 0.4) is 0 Å². The zero-order chi connectivity index (χ0) is 15.1. The zero-order valence-corrected chi connectivity index (χ0v) is 11.9. The van der Waals surface area contributed by atoms with E-state index in [1.165, 1.54) is 6.07 Å². The zero-order valence-electron chi connectivity index (χ0n) is 11.9. The van der Waals surface area contributed by atoms with Gasteiger partial charge in [0.05, 0.1) is 6.61 Å². The van der Waals surface area contributed by atoms with Crippen molar-refractivity contribution < 1.29 is 9.53 Å². The third-order valence-corrected chi connectivity index (χ3v) is 3.02. The number of hydrogen-bond acceptors (Lipinski definition) is 3. The number of benzene rings is 1. The predicted molar refractivity (Wildman–Crippen MR) is 81.2 cm³/mol. The summed E-state index contributed by atoms with van der Waals surface area (Å²) in [7, 11) is 0. The maximum atomic E-state index is 12.2. The van der Waals surface area contributed by atoms with Crippen molar-refractivity contribution in [3.05, 3.63) is 64.6 Å². The summed E-state index contributed by atoms with van der Waals surface area (Å²) in [6.45, 7) is 2.72. The SMILES string of the molecule is CCN(C(=O)COCc1cc[nH]c(=O)c1)c1ccccc1. The first-order valence-corrected chi connectivity index (χ1v) is 6.81. The molecule has 0 bridgehead atoms. The lowest BCUT2D eigenvalue weighted by Crippen LogP contribution is -2.33. The van der Waals surface area contributed by atoms with Gasteiger partial charge in [0.25, 0.3) is 5.91 Å². The van der Waals surface area contributed by atoms with E-state index in [9.17, 15) is 9.59 Å². The summed E-state index contributed by atoms with van der Waals surface area (Å²) in [5.41, 5.74) is 1.42. The predicted octanol–water partition coefficient (Wildman–Crippen LogP) is 1.94. The number of carbonyl (C=O) groups is 1. The highest BCUT2D eigenvalue weighted by Crippen LogP contribution is 2.13. The first-order chi connectivity index (χ1) is 10.2. The molecule has 0 radical (unpaired) electrons. The fourth-order valence-corrected chi connectivity index (χ4v) is 2.02. The Hall–Kier alpha value is -2.40. The molecule has 5 nitrogen and oxygen atoms in total. The molecule has 1 aromatic heterocycles. The second-order valence-electron chi connectivity index (χ2n) is 4.53. The number of aromatic amines is 1. The molecule has 110 valence electrons. The molecule has 0 fully saturated rings. The van der Waals surface area contributed by atoms with Crippen molar-refractivity contribution in [3.63, 3.8) is 0 Å². The summed E-state index contributed by atoms with van der Waals surface area (Å²) in [6.07, 6.45) is 1.56. The molecule has 2 rings (SSSR count). The highest BCUT2D eigenvalue weighted by Gasteiger charge is 2.13. The number of H-pyrrole nitrogens is 1. The van der Waals surface area contributed by atoms with E-state index in [0.717, 1.165) is 11.3 Å². The first kappa shape index (κ1) is 15.0. The third kappa shape index (κ3) is 4.29. The van der Waals surface area contributed by atoms with E-state index in [0.29, 0.717) is 6.54 Å². The lowest BCUT2D eigenvalue weighted by Gasteiger charge is -2.20. The van der Waals surface area contributed by atoms with E-state index in [1.807, 2.05) is 37.3 Å². The fourth-order valence-electron chi connectivity index (χ4n) is 2.02. The number of nitrogens with zero attached hydrogens (tertiary/aromatic N) is 1. The van der Waals surface area contributed by atoms with Crippen LogP contribution in [0.4, 0.5) is 5.69 Å². The standard InChI is InChI=1S/C16H18N2O3/c1-2-18(14-6-4-3-5-7-14)16(20)12-21-11-13-8-9-17-15(19)10-13/h3-10H,2,11-12H2,1H3,(H,17,19). The van der Waals surface area contributed by atoms with Gasteiger partial charge in [-0.15, -0.1) is 0 Å². The second kappa shape index (κ2) is 7.40. The molecule has 0 atom stereocenters. The van der Waals surface area contributed by atoms with Crippen molar-refractivity contribution in [1.82, 2.24) is 4.98 Å². The molecular formula is C16H18N2O3. The van der Waals surface area contributed by atoms with E-state index >= 15 is 0 Å². The van der Waals surface area contributed by atoms with Crippen LogP contribution in [0.2, 0.25) is 0 Å². The van der Waals surface area contributed by atoms with E-state index in [1.54, 1.807) is 17.2 Å². The van der Waals surface area contributed by atoms with Gasteiger partial charge in [0.15, 0.2) is 0 Å². The molecule has 1 N–H and O–H groups in total. The van der Waals surface area contributed by atoms with E-state index in [4.69, 9.17) is 4.74 Å². The van der Waals surface area contributed by atoms with Gasteiger partial charge < -0.3 is 14.6 Å². The van der Waals surface area contributed by atoms with Crippen LogP contribution in [0.25, 0.3) is 0 Å². The van der Waals surface area contributed by atoms with Gasteiger partial charge in [-0.1, -0.05) is 18.2 Å². The number of likely N-dealkylation sites (N-methyl/N-ethyl adjacent to an activating group) is 1. The van der Waals surface area contributed by atoms with Gasteiger partial charge in [-0.25, -0.2) is 0 Å². The Morgan fingerprint density at radius 3 is 2.67 bits per heavy atom. The van der Waals surface area contributed by atoms with Crippen LogP contribution in [0.15, 0.2) is 53.5 Å². The van der Waals surface area contributed by atoms with Crippen molar-refractivity contribution in [3.8, 4) is 0 Å². The number of anilines is 1. The van der Waals surface area contributed by atoms with Gasteiger partial charge >= 0.3 is 0 Å². The molecule has 0 spiro atoms. The minimum Gasteiger partial charge on any atom is -0.367 e. The molecule has 0 saturated carbocycles. The quantitative estimate of drug-likeness (QED) is 0.882. The molecule has 21 heavy (non-hydrogen) atoms. The van der Waals surface area contributed by atoms with Gasteiger partial charge in [-0.05, 0) is 30.7 Å². The second-order valence-corrected chi connectivity index (χ2v) is 4.53. The lowest BCUT2D eigenvalue weighted by atomic mass is 10.3. The van der Waals surface area contributed by atoms with Crippen LogP contribution < -0.4 is 10.5 Å². The minimum atomic E-state index is -0.179. The molecule has 0 aliphatic rings. The molecule has 0 saturated heterocycles. The monoisotopic (exact) mass is 286 g/mol. The van der Waals surface area contributed by atoms with Gasteiger partial charge in [0.1, 0.15) is 6.61 Å². The van der Waals surface area contributed by atoms with Crippen LogP contribution in [0.5, 0.6) is 0 Å². The van der Waals surface area contributed by atoms with Crippen molar-refractivity contribution in [1.29, 1.82) is 0 Å². The summed E-state index contributed by atoms with van der Waals surface area (Å²) in [5.74, 6) is -0.103. The van der Waals surface area contributed by atoms with Crippen molar-refractivity contribution in [2.24, 2.45) is 0 Å². The molecule has 5 heteroatoms. The molecule has 1 aromatic carbocycles. The Kier molecular flexibility index (Phi) is 5.29. The summed E-state index contributed by atoms with van der Waals surface area (Å²) >= 11 is 0. The number of para-hydroxylation sites is 1. The van der Waals surface area contributed by atoms with E-state index < -0.39 is 0 Å². The molecule has 0 unspecified atom stereocenters. The van der Waals surface area contributed by atoms with Gasteiger partial charge in [-0.2, -0.15) is 0 Å². The third-order valence-electron chi connectivity index (χ3n) is 3.02. The van der Waals surface area contributed by atoms with E-state index in [2.05, 4.69) is 4.98 Å². The number of nitrogens with one attached hydrogen (secondary N) is 1. The molecule has 1 amide bonds. The van der Waals surface area contributed by atoms with Crippen molar-refractivity contribution in [2.75, 3.05) is 18.1 Å². The number of aromatic nitrogens is 1. The normalized spacial score (nSPS) is 10.3. The first-order valence-electron chi connectivity index (χ1n) is 6.81. The molecule has 2 aromatic rings. The van der Waals surface area contributed by atoms with Gasteiger partial charge in [0, 0.05) is 24.5 Å². The van der Waals surface area contributed by atoms with Gasteiger partial charge in [-0.3, -0.25) is 9.59 Å². The number of rotatable bonds is 6. The average molecular weight is 286 g/mol. The van der Waals surface area contributed by atoms with Crippen LogP contribution >= 0.6 is 0 Å². The summed E-state index contributed by atoms with van der Waals surface area (Å²) in [6, 6.07) is 12.7. The fraction of sp³-hybridized carbons (Fsp3) is 0.250. The Bertz CT molecular complexity index is 637. The van der Waals surface area contributed by atoms with E-state index in [-0.39, 0.29) is 24.7 Å². The number of hydrogen-bond donors (Lipinski definition) is 1. The maximum absolute atomic E-state index is 12.2. The van der Waals surface area contributed by atoms with Crippen molar-refractivity contribution in [2.45, 2.75) is 13.5 Å². The Morgan fingerprint density at radius 1 is 1.24 bits per heavy atom. The largest absolute Gasteiger partial charge is 0.367 e. The molecule has 0 aliphatic heterocycles. The Morgan fingerprint density at radius 2 is 2.00 bits per heavy atom. The average Bonchev–Trinajstić information content (AvgIpc) is 2.49. The summed E-state index contributed by atoms with van der Waals surface area (Å²) in [4.78, 5) is 27.5. The van der Waals surface area contributed by atoms with Crippen LogP contribution in [0.1, 0.15) is 12.5 Å². The van der Waals surface area contributed by atoms with Crippen LogP contribution in [-0.2, 0) is 16.1 Å². The molecular weight excluding hydrogens is 268 g/mol. The molecule has 1 heterocycles. The Labute approximate surface area is 123 Å².